The smallest absolute Gasteiger partial charge is 0.296 e. The molecule has 1 aromatic carbocycles. The third-order valence-corrected chi connectivity index (χ3v) is 8.54. The van der Waals surface area contributed by atoms with Crippen molar-refractivity contribution in [2.24, 2.45) is 0 Å². The number of benzene rings is 1. The first-order valence-corrected chi connectivity index (χ1v) is 14.3. The van der Waals surface area contributed by atoms with Crippen molar-refractivity contribution in [3.05, 3.63) is 93.8 Å². The Morgan fingerprint density at radius 2 is 1.80 bits per heavy atom. The van der Waals surface area contributed by atoms with E-state index in [1.165, 1.54) is 41.2 Å². The second-order valence-electron chi connectivity index (χ2n) is 9.27. The molecule has 1 N–H and O–H groups in total. The molecule has 0 saturated carbocycles. The first-order chi connectivity index (χ1) is 19.1. The molecule has 0 bridgehead atoms. The number of aromatic nitrogens is 4. The van der Waals surface area contributed by atoms with Crippen LogP contribution in [-0.4, -0.2) is 33.0 Å². The lowest BCUT2D eigenvalue weighted by molar-refractivity contribution is 0.358. The van der Waals surface area contributed by atoms with Crippen LogP contribution in [0.25, 0.3) is 11.1 Å². The summed E-state index contributed by atoms with van der Waals surface area (Å²) < 4.78 is 42.8. The van der Waals surface area contributed by atoms with E-state index in [1.54, 1.807) is 25.1 Å². The predicted molar refractivity (Wildman–Crippen MR) is 146 cm³/mol. The Kier molecular flexibility index (Phi) is 8.40. The molecule has 0 amide bonds. The van der Waals surface area contributed by atoms with E-state index < -0.39 is 38.2 Å². The monoisotopic (exact) mass is 561 g/mol. The maximum Gasteiger partial charge on any atom is 0.296 e. The molecule has 4 rings (SSSR count). The highest BCUT2D eigenvalue weighted by atomic mass is 32.2. The largest absolute Gasteiger partial charge is 0.493 e. The van der Waals surface area contributed by atoms with Crippen molar-refractivity contribution in [1.82, 2.24) is 19.5 Å². The van der Waals surface area contributed by atoms with Crippen molar-refractivity contribution in [2.75, 3.05) is 0 Å². The van der Waals surface area contributed by atoms with Crippen molar-refractivity contribution in [2.45, 2.75) is 62.3 Å². The van der Waals surface area contributed by atoms with E-state index in [4.69, 9.17) is 0 Å². The molecule has 1 unspecified atom stereocenters. The number of hydrogen-bond donors (Lipinski definition) is 1. The molecule has 9 nitrogen and oxygen atoms in total. The zero-order valence-electron chi connectivity index (χ0n) is 22.3. The quantitative estimate of drug-likeness (QED) is 0.285. The van der Waals surface area contributed by atoms with Gasteiger partial charge in [0.2, 0.25) is 21.7 Å². The molecule has 206 valence electrons. The van der Waals surface area contributed by atoms with Gasteiger partial charge in [-0.3, -0.25) is 9.36 Å². The lowest BCUT2D eigenvalue weighted by Gasteiger charge is -2.25. The van der Waals surface area contributed by atoms with Crippen molar-refractivity contribution in [3.8, 4) is 23.1 Å². The Morgan fingerprint density at radius 3 is 2.45 bits per heavy atom. The van der Waals surface area contributed by atoms with Gasteiger partial charge in [0.15, 0.2) is 4.90 Å². The van der Waals surface area contributed by atoms with Crippen LogP contribution in [0.2, 0.25) is 0 Å². The van der Waals surface area contributed by atoms with Gasteiger partial charge in [0.25, 0.3) is 5.56 Å². The summed E-state index contributed by atoms with van der Waals surface area (Å²) in [5, 5.41) is 20.8. The normalized spacial score (nSPS) is 12.2. The van der Waals surface area contributed by atoms with E-state index in [9.17, 15) is 28.0 Å². The number of nitriles is 1. The topological polar surface area (TPSA) is 139 Å². The SMILES string of the molecule is CCCCc1nc(=O)c(S(=O)(=O)c2ccc(-c3ccnc(F)c3C)cc2)c(O)n1C(CC)c1ccnc(C#N)c1. The van der Waals surface area contributed by atoms with Gasteiger partial charge in [-0.05, 0) is 66.8 Å². The fraction of sp³-hybridized carbons (Fsp3) is 0.276. The Labute approximate surface area is 231 Å². The van der Waals surface area contributed by atoms with E-state index in [1.807, 2.05) is 19.9 Å². The lowest BCUT2D eigenvalue weighted by Crippen LogP contribution is -2.27. The van der Waals surface area contributed by atoms with Crippen molar-refractivity contribution < 1.29 is 17.9 Å². The summed E-state index contributed by atoms with van der Waals surface area (Å²) in [5.41, 5.74) is 1.13. The fourth-order valence-corrected chi connectivity index (χ4v) is 6.00. The number of halogens is 1. The van der Waals surface area contributed by atoms with Gasteiger partial charge in [-0.25, -0.2) is 18.4 Å². The molecular weight excluding hydrogens is 533 g/mol. The third kappa shape index (κ3) is 5.35. The van der Waals surface area contributed by atoms with Gasteiger partial charge in [-0.1, -0.05) is 32.4 Å². The second kappa shape index (κ2) is 11.8. The highest BCUT2D eigenvalue weighted by Crippen LogP contribution is 2.34. The summed E-state index contributed by atoms with van der Waals surface area (Å²) in [6, 6.07) is 11.8. The van der Waals surface area contributed by atoms with Gasteiger partial charge in [0, 0.05) is 24.4 Å². The van der Waals surface area contributed by atoms with Crippen LogP contribution in [0.15, 0.2) is 69.4 Å². The van der Waals surface area contributed by atoms with Crippen molar-refractivity contribution >= 4 is 9.84 Å². The summed E-state index contributed by atoms with van der Waals surface area (Å²) >= 11 is 0. The minimum atomic E-state index is -4.51. The Hall–Kier alpha value is -4.43. The van der Waals surface area contributed by atoms with E-state index >= 15 is 0 Å². The van der Waals surface area contributed by atoms with Gasteiger partial charge in [-0.2, -0.15) is 14.6 Å². The third-order valence-electron chi connectivity index (χ3n) is 6.76. The maximum atomic E-state index is 14.0. The summed E-state index contributed by atoms with van der Waals surface area (Å²) in [5.74, 6) is -1.10. The van der Waals surface area contributed by atoms with Crippen LogP contribution in [0.5, 0.6) is 5.88 Å². The molecule has 1 atom stereocenters. The Balaban J connectivity index is 1.88. The average Bonchev–Trinajstić information content (AvgIpc) is 2.95. The molecule has 40 heavy (non-hydrogen) atoms. The highest BCUT2D eigenvalue weighted by Gasteiger charge is 2.32. The van der Waals surface area contributed by atoms with Gasteiger partial charge in [-0.15, -0.1) is 0 Å². The van der Waals surface area contributed by atoms with E-state index in [0.717, 1.165) is 6.42 Å². The first-order valence-electron chi connectivity index (χ1n) is 12.8. The number of pyridine rings is 2. The molecule has 0 spiro atoms. The minimum absolute atomic E-state index is 0.164. The van der Waals surface area contributed by atoms with E-state index in [0.29, 0.717) is 41.5 Å². The molecule has 0 aliphatic carbocycles. The van der Waals surface area contributed by atoms with E-state index in [-0.39, 0.29) is 16.4 Å². The Morgan fingerprint density at radius 1 is 1.10 bits per heavy atom. The highest BCUT2D eigenvalue weighted by molar-refractivity contribution is 7.91. The molecule has 0 radical (unpaired) electrons. The number of hydrogen-bond acceptors (Lipinski definition) is 8. The molecule has 0 aliphatic rings. The zero-order chi connectivity index (χ0) is 29.0. The molecule has 0 fully saturated rings. The van der Waals surface area contributed by atoms with Crippen LogP contribution in [0, 0.1) is 24.2 Å². The van der Waals surface area contributed by atoms with Gasteiger partial charge in [0.1, 0.15) is 17.6 Å². The molecule has 0 aliphatic heterocycles. The number of rotatable bonds is 9. The molecule has 0 saturated heterocycles. The van der Waals surface area contributed by atoms with Crippen LogP contribution < -0.4 is 5.56 Å². The lowest BCUT2D eigenvalue weighted by atomic mass is 10.0. The zero-order valence-corrected chi connectivity index (χ0v) is 23.1. The number of nitrogens with zero attached hydrogens (tertiary/aromatic N) is 5. The van der Waals surface area contributed by atoms with Crippen molar-refractivity contribution in [1.29, 1.82) is 5.26 Å². The minimum Gasteiger partial charge on any atom is -0.493 e. The summed E-state index contributed by atoms with van der Waals surface area (Å²) in [6.07, 6.45) is 4.97. The molecule has 3 heterocycles. The first kappa shape index (κ1) is 28.6. The van der Waals surface area contributed by atoms with Crippen LogP contribution in [0.4, 0.5) is 4.39 Å². The molecule has 4 aromatic rings. The van der Waals surface area contributed by atoms with Crippen LogP contribution in [0.3, 0.4) is 0 Å². The average molecular weight is 562 g/mol. The van der Waals surface area contributed by atoms with Crippen molar-refractivity contribution in [3.63, 3.8) is 0 Å². The maximum absolute atomic E-state index is 14.0. The van der Waals surface area contributed by atoms with Gasteiger partial charge >= 0.3 is 0 Å². The summed E-state index contributed by atoms with van der Waals surface area (Å²) in [6.45, 7) is 5.38. The number of aromatic hydroxyl groups is 1. The fourth-order valence-electron chi connectivity index (χ4n) is 4.66. The molecular formula is C29H28FN5O4S. The van der Waals surface area contributed by atoms with Crippen LogP contribution >= 0.6 is 0 Å². The number of sulfone groups is 1. The number of unbranched alkanes of at least 4 members (excludes halogenated alkanes) is 1. The van der Waals surface area contributed by atoms with Crippen LogP contribution in [0.1, 0.15) is 61.8 Å². The summed E-state index contributed by atoms with van der Waals surface area (Å²) in [4.78, 5) is 23.8. The summed E-state index contributed by atoms with van der Waals surface area (Å²) in [7, 11) is -4.51. The standard InChI is InChI=1S/C29H28FN5O4S/c1-4-6-7-25-34-28(36)26(29(37)35(25)24(5-2)20-12-14-32-21(16-20)17-31)40(38,39)22-10-8-19(9-11-22)23-13-15-33-27(30)18(23)3/h8-16,24,37H,4-7H2,1-3H3. The van der Waals surface area contributed by atoms with Crippen LogP contribution in [-0.2, 0) is 16.3 Å². The van der Waals surface area contributed by atoms with Gasteiger partial charge < -0.3 is 5.11 Å². The van der Waals surface area contributed by atoms with Gasteiger partial charge in [0.05, 0.1) is 10.9 Å². The molecule has 3 aromatic heterocycles. The Bertz CT molecular complexity index is 1760. The predicted octanol–water partition coefficient (Wildman–Crippen LogP) is 4.90. The second-order valence-corrected chi connectivity index (χ2v) is 11.2. The molecule has 11 heteroatoms. The van der Waals surface area contributed by atoms with E-state index in [2.05, 4.69) is 15.0 Å². The number of aryl methyl sites for hydroxylation is 1.